The summed E-state index contributed by atoms with van der Waals surface area (Å²) in [5.41, 5.74) is 0. The van der Waals surface area contributed by atoms with Crippen LogP contribution in [-0.2, 0) is 9.59 Å². The van der Waals surface area contributed by atoms with E-state index in [0.29, 0.717) is 6.42 Å². The van der Waals surface area contributed by atoms with Crippen LogP contribution in [0, 0.1) is 0 Å². The Morgan fingerprint density at radius 2 is 2.10 bits per heavy atom. The highest BCUT2D eigenvalue weighted by Gasteiger charge is 2.00. The molecule has 0 aliphatic heterocycles. The highest BCUT2D eigenvalue weighted by molar-refractivity contribution is 6.27. The number of amides is 1. The van der Waals surface area contributed by atoms with Gasteiger partial charge in [0.15, 0.2) is 5.78 Å². The van der Waals surface area contributed by atoms with Gasteiger partial charge in [-0.15, -0.1) is 11.6 Å². The van der Waals surface area contributed by atoms with E-state index in [-0.39, 0.29) is 24.1 Å². The van der Waals surface area contributed by atoms with Gasteiger partial charge in [-0.25, -0.2) is 0 Å². The number of hydrogen-bond donors (Lipinski definition) is 1. The molecular formula is C6H10ClNO2. The molecule has 0 radical (unpaired) electrons. The number of carbonyl (C=O) groups is 2. The maximum absolute atomic E-state index is 10.6. The Bertz CT molecular complexity index is 120. The van der Waals surface area contributed by atoms with Crippen LogP contribution in [0.3, 0.4) is 0 Å². The minimum absolute atomic E-state index is 0.0125. The number of ketones is 1. The van der Waals surface area contributed by atoms with Crippen molar-refractivity contribution in [3.8, 4) is 0 Å². The molecule has 3 nitrogen and oxygen atoms in total. The molecule has 0 fully saturated rings. The van der Waals surface area contributed by atoms with Crippen molar-refractivity contribution >= 4 is 23.3 Å². The number of Topliss-reactive ketones (excluding diaryl/α,β-unsaturated/α-hetero) is 1. The largest absolute Gasteiger partial charge is 0.348 e. The molecule has 1 N–H and O–H groups in total. The summed E-state index contributed by atoms with van der Waals surface area (Å²) in [6.45, 7) is 1.84. The molecule has 0 aromatic heterocycles. The van der Waals surface area contributed by atoms with Crippen molar-refractivity contribution in [1.82, 2.24) is 5.32 Å². The fraction of sp³-hybridized carbons (Fsp3) is 0.667. The Morgan fingerprint density at radius 3 is 2.50 bits per heavy atom. The number of halogens is 1. The van der Waals surface area contributed by atoms with Crippen LogP contribution in [0.2, 0.25) is 0 Å². The zero-order valence-corrected chi connectivity index (χ0v) is 6.57. The van der Waals surface area contributed by atoms with E-state index in [1.807, 2.05) is 0 Å². The van der Waals surface area contributed by atoms with Gasteiger partial charge in [-0.2, -0.15) is 0 Å². The van der Waals surface area contributed by atoms with Crippen LogP contribution in [-0.4, -0.2) is 24.1 Å². The lowest BCUT2D eigenvalue weighted by atomic mass is 10.3. The summed E-state index contributed by atoms with van der Waals surface area (Å²) in [5.74, 6) is -0.376. The van der Waals surface area contributed by atoms with Gasteiger partial charge in [0.1, 0.15) is 5.88 Å². The molecular weight excluding hydrogens is 154 g/mol. The van der Waals surface area contributed by atoms with Crippen LogP contribution in [0.15, 0.2) is 0 Å². The zero-order chi connectivity index (χ0) is 7.98. The quantitative estimate of drug-likeness (QED) is 0.607. The molecule has 0 unspecified atom stereocenters. The third kappa shape index (κ3) is 4.32. The van der Waals surface area contributed by atoms with E-state index in [1.54, 1.807) is 6.92 Å². The van der Waals surface area contributed by atoms with Gasteiger partial charge in [-0.05, 0) is 0 Å². The van der Waals surface area contributed by atoms with Crippen molar-refractivity contribution in [2.24, 2.45) is 0 Å². The summed E-state index contributed by atoms with van der Waals surface area (Å²) in [7, 11) is 0. The van der Waals surface area contributed by atoms with Gasteiger partial charge in [0.25, 0.3) is 0 Å². The number of hydrogen-bond acceptors (Lipinski definition) is 2. The Morgan fingerprint density at radius 1 is 1.50 bits per heavy atom. The van der Waals surface area contributed by atoms with E-state index in [2.05, 4.69) is 5.32 Å². The van der Waals surface area contributed by atoms with E-state index in [1.165, 1.54) is 0 Å². The molecule has 1 amide bonds. The second-order valence-corrected chi connectivity index (χ2v) is 2.07. The molecule has 0 saturated carbocycles. The molecule has 10 heavy (non-hydrogen) atoms. The van der Waals surface area contributed by atoms with Crippen LogP contribution in [0.4, 0.5) is 0 Å². The molecule has 0 heterocycles. The molecule has 0 saturated heterocycles. The van der Waals surface area contributed by atoms with Gasteiger partial charge in [-0.3, -0.25) is 9.59 Å². The van der Waals surface area contributed by atoms with Crippen molar-refractivity contribution in [3.63, 3.8) is 0 Å². The molecule has 0 aromatic rings. The normalized spacial score (nSPS) is 9.00. The lowest BCUT2D eigenvalue weighted by molar-refractivity contribution is -0.123. The first-order chi connectivity index (χ1) is 4.70. The lowest BCUT2D eigenvalue weighted by Gasteiger charge is -1.98. The Hall–Kier alpha value is -0.570. The molecule has 0 atom stereocenters. The van der Waals surface area contributed by atoms with Crippen molar-refractivity contribution < 1.29 is 9.59 Å². The fourth-order valence-corrected chi connectivity index (χ4v) is 0.464. The average molecular weight is 164 g/mol. The van der Waals surface area contributed by atoms with Crippen LogP contribution < -0.4 is 5.32 Å². The van der Waals surface area contributed by atoms with E-state index in [9.17, 15) is 9.59 Å². The van der Waals surface area contributed by atoms with Crippen molar-refractivity contribution in [1.29, 1.82) is 0 Å². The summed E-state index contributed by atoms with van der Waals surface area (Å²) in [6.07, 6.45) is 0.447. The van der Waals surface area contributed by atoms with Gasteiger partial charge >= 0.3 is 0 Å². The third-order valence-electron chi connectivity index (χ3n) is 0.998. The van der Waals surface area contributed by atoms with Gasteiger partial charge in [0, 0.05) is 6.42 Å². The fourth-order valence-electron chi connectivity index (χ4n) is 0.369. The van der Waals surface area contributed by atoms with Gasteiger partial charge in [-0.1, -0.05) is 6.92 Å². The van der Waals surface area contributed by atoms with Crippen molar-refractivity contribution in [2.45, 2.75) is 13.3 Å². The van der Waals surface area contributed by atoms with E-state index < -0.39 is 0 Å². The summed E-state index contributed by atoms with van der Waals surface area (Å²) in [6, 6.07) is 0. The molecule has 58 valence electrons. The second-order valence-electron chi connectivity index (χ2n) is 1.80. The molecule has 0 spiro atoms. The number of rotatable bonds is 4. The van der Waals surface area contributed by atoms with Gasteiger partial charge in [0.2, 0.25) is 5.91 Å². The minimum atomic E-state index is -0.302. The molecule has 0 aliphatic carbocycles. The summed E-state index contributed by atoms with van der Waals surface area (Å²) < 4.78 is 0. The van der Waals surface area contributed by atoms with Crippen LogP contribution in [0.25, 0.3) is 0 Å². The van der Waals surface area contributed by atoms with Gasteiger partial charge in [0.05, 0.1) is 6.54 Å². The highest BCUT2D eigenvalue weighted by Crippen LogP contribution is 1.78. The van der Waals surface area contributed by atoms with E-state index in [0.717, 1.165) is 0 Å². The first-order valence-electron chi connectivity index (χ1n) is 3.05. The smallest absolute Gasteiger partial charge is 0.235 e. The van der Waals surface area contributed by atoms with Crippen molar-refractivity contribution in [3.05, 3.63) is 0 Å². The van der Waals surface area contributed by atoms with Crippen LogP contribution in [0.5, 0.6) is 0 Å². The summed E-state index contributed by atoms with van der Waals surface area (Å²) in [5, 5.41) is 2.36. The molecule has 0 bridgehead atoms. The van der Waals surface area contributed by atoms with Crippen LogP contribution >= 0.6 is 11.6 Å². The minimum Gasteiger partial charge on any atom is -0.348 e. The van der Waals surface area contributed by atoms with E-state index >= 15 is 0 Å². The Balaban J connectivity index is 3.35. The number of carbonyl (C=O) groups excluding carboxylic acids is 2. The molecule has 0 aliphatic rings. The maximum Gasteiger partial charge on any atom is 0.235 e. The predicted octanol–water partition coefficient (Wildman–Crippen LogP) is 0.320. The molecule has 0 aromatic carbocycles. The zero-order valence-electron chi connectivity index (χ0n) is 5.82. The molecule has 0 rings (SSSR count). The van der Waals surface area contributed by atoms with E-state index in [4.69, 9.17) is 11.6 Å². The standard InChI is InChI=1S/C6H10ClNO2/c1-2-5(9)4-8-6(10)3-7/h2-4H2,1H3,(H,8,10). The Kier molecular flexibility index (Phi) is 4.94. The number of alkyl halides is 1. The predicted molar refractivity (Wildman–Crippen MR) is 39.0 cm³/mol. The topological polar surface area (TPSA) is 46.2 Å². The average Bonchev–Trinajstić information content (AvgIpc) is 1.99. The lowest BCUT2D eigenvalue weighted by Crippen LogP contribution is -2.29. The Labute approximate surface area is 64.7 Å². The highest BCUT2D eigenvalue weighted by atomic mass is 35.5. The maximum atomic E-state index is 10.6. The van der Waals surface area contributed by atoms with Crippen LogP contribution in [0.1, 0.15) is 13.3 Å². The first-order valence-corrected chi connectivity index (χ1v) is 3.58. The molecule has 4 heteroatoms. The third-order valence-corrected chi connectivity index (χ3v) is 1.24. The second kappa shape index (κ2) is 5.23. The monoisotopic (exact) mass is 163 g/mol. The number of nitrogens with one attached hydrogen (secondary N) is 1. The summed E-state index contributed by atoms with van der Waals surface area (Å²) >= 11 is 5.16. The summed E-state index contributed by atoms with van der Waals surface area (Å²) in [4.78, 5) is 21.0. The van der Waals surface area contributed by atoms with Crippen molar-refractivity contribution in [2.75, 3.05) is 12.4 Å². The SMILES string of the molecule is CCC(=O)CNC(=O)CCl. The first kappa shape index (κ1) is 9.43. The van der Waals surface area contributed by atoms with Gasteiger partial charge < -0.3 is 5.32 Å².